The highest BCUT2D eigenvalue weighted by Crippen LogP contribution is 2.38. The maximum Gasteiger partial charge on any atom is 0.245 e. The van der Waals surface area contributed by atoms with Gasteiger partial charge in [-0.3, -0.25) is 4.79 Å². The molecule has 2 atom stereocenters. The molecule has 1 aliphatic heterocycles. The van der Waals surface area contributed by atoms with Gasteiger partial charge in [0, 0.05) is 17.3 Å². The van der Waals surface area contributed by atoms with E-state index in [1.165, 1.54) is 0 Å². The second-order valence-corrected chi connectivity index (χ2v) is 5.90. The monoisotopic (exact) mass is 326 g/mol. The van der Waals surface area contributed by atoms with E-state index in [1.807, 2.05) is 12.1 Å². The lowest BCUT2D eigenvalue weighted by molar-refractivity contribution is -0.116. The molecule has 0 bridgehead atoms. The fourth-order valence-electron chi connectivity index (χ4n) is 2.20. The Bertz CT molecular complexity index is 491. The fraction of sp³-hybridized carbons (Fsp3) is 0.500. The summed E-state index contributed by atoms with van der Waals surface area (Å²) in [5.41, 5.74) is 7.36. The van der Waals surface area contributed by atoms with E-state index < -0.39 is 6.04 Å². The average molecular weight is 327 g/mol. The number of nitrogens with one attached hydrogen (secondary N) is 1. The number of rotatable bonds is 5. The smallest absolute Gasteiger partial charge is 0.245 e. The second-order valence-electron chi connectivity index (χ2n) is 5.04. The van der Waals surface area contributed by atoms with Gasteiger partial charge < -0.3 is 15.8 Å². The molecule has 2 unspecified atom stereocenters. The first-order chi connectivity index (χ1) is 9.02. The summed E-state index contributed by atoms with van der Waals surface area (Å²) in [5.74, 6) is 1.09. The summed E-state index contributed by atoms with van der Waals surface area (Å²) in [6.07, 6.45) is 2.30. The molecule has 104 valence electrons. The molecule has 1 aromatic carbocycles. The number of hydrogen-bond acceptors (Lipinski definition) is 3. The van der Waals surface area contributed by atoms with Crippen LogP contribution >= 0.6 is 15.9 Å². The molecule has 3 N–H and O–H groups in total. The number of halogens is 1. The van der Waals surface area contributed by atoms with E-state index >= 15 is 0 Å². The van der Waals surface area contributed by atoms with Crippen molar-refractivity contribution in [1.29, 1.82) is 0 Å². The molecule has 0 saturated carbocycles. The highest BCUT2D eigenvalue weighted by atomic mass is 79.9. The summed E-state index contributed by atoms with van der Waals surface area (Å²) in [5, 5.41) is 2.76. The number of nitrogens with two attached hydrogens (primary N) is 1. The Labute approximate surface area is 121 Å². The van der Waals surface area contributed by atoms with Crippen molar-refractivity contribution in [2.45, 2.75) is 32.7 Å². The zero-order valence-electron chi connectivity index (χ0n) is 11.2. The van der Waals surface area contributed by atoms with Crippen LogP contribution in [0, 0.1) is 5.92 Å². The predicted molar refractivity (Wildman–Crippen MR) is 79.3 cm³/mol. The van der Waals surface area contributed by atoms with Crippen molar-refractivity contribution in [2.24, 2.45) is 11.7 Å². The molecular weight excluding hydrogens is 308 g/mol. The van der Waals surface area contributed by atoms with E-state index in [2.05, 4.69) is 35.1 Å². The quantitative estimate of drug-likeness (QED) is 0.873. The summed E-state index contributed by atoms with van der Waals surface area (Å²) >= 11 is 3.47. The number of amides is 1. The Kier molecular flexibility index (Phi) is 4.47. The van der Waals surface area contributed by atoms with Crippen LogP contribution in [0.3, 0.4) is 0 Å². The number of benzene rings is 1. The lowest BCUT2D eigenvalue weighted by Crippen LogP contribution is -2.19. The Morgan fingerprint density at radius 2 is 2.26 bits per heavy atom. The molecule has 0 radical (unpaired) electrons. The van der Waals surface area contributed by atoms with Gasteiger partial charge in [-0.2, -0.15) is 0 Å². The van der Waals surface area contributed by atoms with Gasteiger partial charge in [0.1, 0.15) is 11.8 Å². The molecule has 1 aliphatic rings. The van der Waals surface area contributed by atoms with Gasteiger partial charge >= 0.3 is 0 Å². The highest BCUT2D eigenvalue weighted by molar-refractivity contribution is 9.10. The first-order valence-corrected chi connectivity index (χ1v) is 7.35. The average Bonchev–Trinajstić information content (AvgIpc) is 2.63. The van der Waals surface area contributed by atoms with Crippen LogP contribution in [-0.2, 0) is 4.79 Å². The fourth-order valence-corrected chi connectivity index (χ4v) is 2.68. The van der Waals surface area contributed by atoms with E-state index in [9.17, 15) is 4.79 Å². The molecule has 0 saturated heterocycles. The third-order valence-corrected chi connectivity index (χ3v) is 3.90. The molecule has 1 amide bonds. The third kappa shape index (κ3) is 3.09. The maximum atomic E-state index is 11.5. The summed E-state index contributed by atoms with van der Waals surface area (Å²) in [6.45, 7) is 5.01. The Morgan fingerprint density at radius 1 is 1.53 bits per heavy atom. The lowest BCUT2D eigenvalue weighted by Gasteiger charge is -2.14. The van der Waals surface area contributed by atoms with E-state index in [0.29, 0.717) is 12.5 Å². The van der Waals surface area contributed by atoms with Crippen molar-refractivity contribution in [1.82, 2.24) is 0 Å². The first-order valence-electron chi connectivity index (χ1n) is 6.55. The topological polar surface area (TPSA) is 64.3 Å². The standard InChI is InChI=1S/C14H19BrN2O2/c1-3-4-8(2)7-19-12-6-11-9(5-10(12)15)13(16)14(18)17-11/h5-6,8,13H,3-4,7,16H2,1-2H3,(H,17,18). The summed E-state index contributed by atoms with van der Waals surface area (Å²) in [7, 11) is 0. The van der Waals surface area contributed by atoms with E-state index in [-0.39, 0.29) is 5.91 Å². The van der Waals surface area contributed by atoms with Crippen LogP contribution < -0.4 is 15.8 Å². The summed E-state index contributed by atoms with van der Waals surface area (Å²) in [6, 6.07) is 3.11. The number of carbonyl (C=O) groups excluding carboxylic acids is 1. The van der Waals surface area contributed by atoms with Gasteiger partial charge in [0.15, 0.2) is 0 Å². The molecule has 0 spiro atoms. The van der Waals surface area contributed by atoms with E-state index in [1.54, 1.807) is 0 Å². The van der Waals surface area contributed by atoms with Crippen molar-refractivity contribution in [3.63, 3.8) is 0 Å². The van der Waals surface area contributed by atoms with Gasteiger partial charge in [-0.15, -0.1) is 0 Å². The van der Waals surface area contributed by atoms with Crippen LogP contribution in [0.2, 0.25) is 0 Å². The maximum absolute atomic E-state index is 11.5. The minimum atomic E-state index is -0.584. The van der Waals surface area contributed by atoms with Gasteiger partial charge in [-0.05, 0) is 34.3 Å². The highest BCUT2D eigenvalue weighted by Gasteiger charge is 2.28. The zero-order chi connectivity index (χ0) is 14.0. The lowest BCUT2D eigenvalue weighted by atomic mass is 10.1. The summed E-state index contributed by atoms with van der Waals surface area (Å²) < 4.78 is 6.64. The number of fused-ring (bicyclic) bond motifs is 1. The minimum absolute atomic E-state index is 0.168. The number of anilines is 1. The molecule has 1 heterocycles. The van der Waals surface area contributed by atoms with Crippen molar-refractivity contribution in [3.8, 4) is 5.75 Å². The Hall–Kier alpha value is -1.07. The number of carbonyl (C=O) groups is 1. The molecule has 1 aromatic rings. The van der Waals surface area contributed by atoms with Gasteiger partial charge in [0.05, 0.1) is 11.1 Å². The van der Waals surface area contributed by atoms with Crippen molar-refractivity contribution in [2.75, 3.05) is 11.9 Å². The van der Waals surface area contributed by atoms with Gasteiger partial charge in [0.2, 0.25) is 5.91 Å². The summed E-state index contributed by atoms with van der Waals surface area (Å²) in [4.78, 5) is 11.5. The van der Waals surface area contributed by atoms with Crippen LogP contribution in [0.15, 0.2) is 16.6 Å². The normalized spacial score (nSPS) is 18.9. The van der Waals surface area contributed by atoms with Gasteiger partial charge in [-0.25, -0.2) is 0 Å². The van der Waals surface area contributed by atoms with Gasteiger partial charge in [0.25, 0.3) is 0 Å². The molecule has 0 aromatic heterocycles. The van der Waals surface area contributed by atoms with Gasteiger partial charge in [-0.1, -0.05) is 20.3 Å². The Morgan fingerprint density at radius 3 is 2.95 bits per heavy atom. The largest absolute Gasteiger partial charge is 0.492 e. The van der Waals surface area contributed by atoms with Crippen molar-refractivity contribution in [3.05, 3.63) is 22.2 Å². The predicted octanol–water partition coefficient (Wildman–Crippen LogP) is 3.22. The van der Waals surface area contributed by atoms with Crippen LogP contribution in [0.5, 0.6) is 5.75 Å². The van der Waals surface area contributed by atoms with E-state index in [0.717, 1.165) is 34.3 Å². The molecule has 19 heavy (non-hydrogen) atoms. The number of ether oxygens (including phenoxy) is 1. The van der Waals surface area contributed by atoms with Crippen LogP contribution in [0.25, 0.3) is 0 Å². The molecular formula is C14H19BrN2O2. The minimum Gasteiger partial charge on any atom is -0.492 e. The molecule has 0 fully saturated rings. The van der Waals surface area contributed by atoms with Crippen molar-refractivity contribution < 1.29 is 9.53 Å². The second kappa shape index (κ2) is 5.92. The molecule has 2 rings (SSSR count). The SMILES string of the molecule is CCCC(C)COc1cc2c(cc1Br)C(N)C(=O)N2. The van der Waals surface area contributed by atoms with Crippen LogP contribution in [-0.4, -0.2) is 12.5 Å². The Balaban J connectivity index is 2.11. The van der Waals surface area contributed by atoms with Crippen LogP contribution in [0.4, 0.5) is 5.69 Å². The third-order valence-electron chi connectivity index (χ3n) is 3.28. The molecule has 0 aliphatic carbocycles. The molecule has 4 nitrogen and oxygen atoms in total. The first kappa shape index (κ1) is 14.3. The van der Waals surface area contributed by atoms with Crippen LogP contribution in [0.1, 0.15) is 38.3 Å². The van der Waals surface area contributed by atoms with E-state index in [4.69, 9.17) is 10.5 Å². The van der Waals surface area contributed by atoms with Crippen molar-refractivity contribution >= 4 is 27.5 Å². The number of hydrogen-bond donors (Lipinski definition) is 2. The molecule has 5 heteroatoms. The zero-order valence-corrected chi connectivity index (χ0v) is 12.8.